The van der Waals surface area contributed by atoms with Crippen LogP contribution in [0.15, 0.2) is 48.5 Å². The molecule has 0 radical (unpaired) electrons. The summed E-state index contributed by atoms with van der Waals surface area (Å²) in [6.07, 6.45) is -4.23. The second-order valence-corrected chi connectivity index (χ2v) is 5.20. The van der Waals surface area contributed by atoms with E-state index in [4.69, 9.17) is 0 Å². The normalized spacial score (nSPS) is 13.2. The molecular weight excluding hydrogens is 275 g/mol. The fourth-order valence-electron chi connectivity index (χ4n) is 2.42. The van der Waals surface area contributed by atoms with Crippen molar-refractivity contribution in [2.45, 2.75) is 26.1 Å². The van der Waals surface area contributed by atoms with Gasteiger partial charge in [0.2, 0.25) is 0 Å². The Morgan fingerprint density at radius 2 is 1.67 bits per heavy atom. The van der Waals surface area contributed by atoms with Gasteiger partial charge in [-0.05, 0) is 30.5 Å². The van der Waals surface area contributed by atoms with Crippen molar-refractivity contribution in [3.63, 3.8) is 0 Å². The summed E-state index contributed by atoms with van der Waals surface area (Å²) in [7, 11) is 0. The summed E-state index contributed by atoms with van der Waals surface area (Å²) in [5, 5.41) is 2.63. The van der Waals surface area contributed by atoms with Crippen molar-refractivity contribution in [2.24, 2.45) is 0 Å². The number of benzene rings is 2. The molecule has 2 rings (SSSR count). The van der Waals surface area contributed by atoms with Gasteiger partial charge in [-0.3, -0.25) is 5.32 Å². The molecule has 0 spiro atoms. The van der Waals surface area contributed by atoms with Gasteiger partial charge < -0.3 is 0 Å². The standard InChI is InChI=1S/C17H18F3N/c1-12-8-9-15(13(2)10-12)16(21-11-17(18,19)20)14-6-4-3-5-7-14/h3-10,16,21H,11H2,1-2H3. The molecule has 0 aliphatic heterocycles. The van der Waals surface area contributed by atoms with Crippen LogP contribution in [0.5, 0.6) is 0 Å². The lowest BCUT2D eigenvalue weighted by Gasteiger charge is -2.23. The molecule has 0 amide bonds. The molecule has 0 aromatic heterocycles. The molecule has 0 aliphatic carbocycles. The molecule has 1 atom stereocenters. The van der Waals surface area contributed by atoms with E-state index in [2.05, 4.69) is 5.32 Å². The Labute approximate surface area is 122 Å². The maximum absolute atomic E-state index is 12.5. The summed E-state index contributed by atoms with van der Waals surface area (Å²) >= 11 is 0. The lowest BCUT2D eigenvalue weighted by Crippen LogP contribution is -2.33. The van der Waals surface area contributed by atoms with Crippen LogP contribution in [0.2, 0.25) is 0 Å². The third kappa shape index (κ3) is 4.33. The number of alkyl halides is 3. The monoisotopic (exact) mass is 293 g/mol. The highest BCUT2D eigenvalue weighted by atomic mass is 19.4. The average molecular weight is 293 g/mol. The minimum atomic E-state index is -4.23. The summed E-state index contributed by atoms with van der Waals surface area (Å²) in [5.74, 6) is 0. The van der Waals surface area contributed by atoms with E-state index in [1.807, 2.05) is 62.4 Å². The van der Waals surface area contributed by atoms with Gasteiger partial charge in [-0.1, -0.05) is 54.1 Å². The van der Waals surface area contributed by atoms with E-state index in [9.17, 15) is 13.2 Å². The number of aryl methyl sites for hydroxylation is 2. The minimum absolute atomic E-state index is 0.464. The van der Waals surface area contributed by atoms with Gasteiger partial charge in [0.05, 0.1) is 12.6 Å². The van der Waals surface area contributed by atoms with E-state index in [1.165, 1.54) is 0 Å². The lowest BCUT2D eigenvalue weighted by atomic mass is 9.94. The van der Waals surface area contributed by atoms with Crippen LogP contribution < -0.4 is 5.32 Å². The molecule has 0 fully saturated rings. The Morgan fingerprint density at radius 3 is 2.24 bits per heavy atom. The number of halogens is 3. The second-order valence-electron chi connectivity index (χ2n) is 5.20. The number of rotatable bonds is 4. The summed E-state index contributed by atoms with van der Waals surface area (Å²) in [5.41, 5.74) is 3.78. The maximum atomic E-state index is 12.5. The summed E-state index contributed by atoms with van der Waals surface area (Å²) in [4.78, 5) is 0. The highest BCUT2D eigenvalue weighted by molar-refractivity contribution is 5.38. The molecule has 2 aromatic carbocycles. The van der Waals surface area contributed by atoms with E-state index in [-0.39, 0.29) is 0 Å². The van der Waals surface area contributed by atoms with Crippen LogP contribution in [0.1, 0.15) is 28.3 Å². The van der Waals surface area contributed by atoms with Crippen molar-refractivity contribution in [3.8, 4) is 0 Å². The highest BCUT2D eigenvalue weighted by Crippen LogP contribution is 2.27. The molecule has 0 heterocycles. The second kappa shape index (κ2) is 6.31. The van der Waals surface area contributed by atoms with Gasteiger partial charge in [-0.2, -0.15) is 13.2 Å². The van der Waals surface area contributed by atoms with Gasteiger partial charge in [-0.25, -0.2) is 0 Å². The predicted octanol–water partition coefficient (Wildman–Crippen LogP) is 4.54. The maximum Gasteiger partial charge on any atom is 0.401 e. The largest absolute Gasteiger partial charge is 0.401 e. The summed E-state index contributed by atoms with van der Waals surface area (Å²) in [6, 6.07) is 14.5. The van der Waals surface area contributed by atoms with Gasteiger partial charge in [0, 0.05) is 0 Å². The van der Waals surface area contributed by atoms with Crippen LogP contribution in [-0.2, 0) is 0 Å². The Hall–Kier alpha value is -1.81. The van der Waals surface area contributed by atoms with E-state index in [0.29, 0.717) is 0 Å². The van der Waals surface area contributed by atoms with Crippen molar-refractivity contribution in [1.29, 1.82) is 0 Å². The van der Waals surface area contributed by atoms with Crippen molar-refractivity contribution in [1.82, 2.24) is 5.32 Å². The predicted molar refractivity (Wildman–Crippen MR) is 78.3 cm³/mol. The van der Waals surface area contributed by atoms with Crippen molar-refractivity contribution in [3.05, 3.63) is 70.8 Å². The van der Waals surface area contributed by atoms with Gasteiger partial charge in [0.25, 0.3) is 0 Å². The minimum Gasteiger partial charge on any atom is -0.298 e. The third-order valence-corrected chi connectivity index (χ3v) is 3.38. The van der Waals surface area contributed by atoms with Gasteiger partial charge >= 0.3 is 6.18 Å². The number of nitrogens with one attached hydrogen (secondary N) is 1. The molecule has 112 valence electrons. The fourth-order valence-corrected chi connectivity index (χ4v) is 2.42. The SMILES string of the molecule is Cc1ccc(C(NCC(F)(F)F)c2ccccc2)c(C)c1. The summed E-state index contributed by atoms with van der Waals surface area (Å²) in [6.45, 7) is 2.88. The smallest absolute Gasteiger partial charge is 0.298 e. The molecule has 4 heteroatoms. The van der Waals surface area contributed by atoms with E-state index in [0.717, 1.165) is 22.3 Å². The molecule has 1 N–H and O–H groups in total. The van der Waals surface area contributed by atoms with Crippen LogP contribution >= 0.6 is 0 Å². The first kappa shape index (κ1) is 15.6. The van der Waals surface area contributed by atoms with Crippen molar-refractivity contribution >= 4 is 0 Å². The third-order valence-electron chi connectivity index (χ3n) is 3.38. The van der Waals surface area contributed by atoms with Crippen LogP contribution in [0.4, 0.5) is 13.2 Å². The van der Waals surface area contributed by atoms with Gasteiger partial charge in [-0.15, -0.1) is 0 Å². The molecule has 0 bridgehead atoms. The van der Waals surface area contributed by atoms with Crippen LogP contribution in [-0.4, -0.2) is 12.7 Å². The zero-order valence-corrected chi connectivity index (χ0v) is 12.0. The average Bonchev–Trinajstić information content (AvgIpc) is 2.41. The van der Waals surface area contributed by atoms with Crippen LogP contribution in [0.3, 0.4) is 0 Å². The Morgan fingerprint density at radius 1 is 1.00 bits per heavy atom. The zero-order chi connectivity index (χ0) is 15.5. The molecule has 0 saturated heterocycles. The fraction of sp³-hybridized carbons (Fsp3) is 0.294. The van der Waals surface area contributed by atoms with E-state index < -0.39 is 18.8 Å². The topological polar surface area (TPSA) is 12.0 Å². The van der Waals surface area contributed by atoms with Gasteiger partial charge in [0.15, 0.2) is 0 Å². The molecular formula is C17H18F3N. The Kier molecular flexibility index (Phi) is 4.68. The van der Waals surface area contributed by atoms with Crippen molar-refractivity contribution in [2.75, 3.05) is 6.54 Å². The first-order valence-corrected chi connectivity index (χ1v) is 6.79. The van der Waals surface area contributed by atoms with Crippen LogP contribution in [0, 0.1) is 13.8 Å². The molecule has 21 heavy (non-hydrogen) atoms. The Balaban J connectivity index is 2.36. The first-order chi connectivity index (χ1) is 9.87. The number of hydrogen-bond acceptors (Lipinski definition) is 1. The highest BCUT2D eigenvalue weighted by Gasteiger charge is 2.29. The summed E-state index contributed by atoms with van der Waals surface area (Å²) < 4.78 is 37.6. The van der Waals surface area contributed by atoms with E-state index >= 15 is 0 Å². The molecule has 1 nitrogen and oxygen atoms in total. The first-order valence-electron chi connectivity index (χ1n) is 6.79. The van der Waals surface area contributed by atoms with Gasteiger partial charge in [0.1, 0.15) is 0 Å². The molecule has 1 unspecified atom stereocenters. The number of hydrogen-bond donors (Lipinski definition) is 1. The van der Waals surface area contributed by atoms with Crippen LogP contribution in [0.25, 0.3) is 0 Å². The Bertz CT molecular complexity index is 591. The molecule has 0 aliphatic rings. The lowest BCUT2D eigenvalue weighted by molar-refractivity contribution is -0.125. The quantitative estimate of drug-likeness (QED) is 0.872. The molecule has 2 aromatic rings. The van der Waals surface area contributed by atoms with Crippen molar-refractivity contribution < 1.29 is 13.2 Å². The molecule has 0 saturated carbocycles. The zero-order valence-electron chi connectivity index (χ0n) is 12.0. The van der Waals surface area contributed by atoms with E-state index in [1.54, 1.807) is 0 Å².